The Balaban J connectivity index is 1.33. The average Bonchev–Trinajstić information content (AvgIpc) is 2.76. The van der Waals surface area contributed by atoms with Gasteiger partial charge in [-0.15, -0.1) is 0 Å². The maximum Gasteiger partial charge on any atom is 0.123 e. The summed E-state index contributed by atoms with van der Waals surface area (Å²) >= 11 is 0. The predicted octanol–water partition coefficient (Wildman–Crippen LogP) is 7.88. The summed E-state index contributed by atoms with van der Waals surface area (Å²) in [4.78, 5) is 0. The van der Waals surface area contributed by atoms with Gasteiger partial charge in [0.25, 0.3) is 0 Å². The maximum absolute atomic E-state index is 13.1. The molecule has 0 N–H and O–H groups in total. The third-order valence-electron chi connectivity index (χ3n) is 6.82. The molecule has 0 radical (unpaired) electrons. The van der Waals surface area contributed by atoms with Crippen LogP contribution in [0.5, 0.6) is 0 Å². The Morgan fingerprint density at radius 3 is 2.10 bits per heavy atom. The zero-order chi connectivity index (χ0) is 20.3. The van der Waals surface area contributed by atoms with Crippen molar-refractivity contribution in [3.63, 3.8) is 0 Å². The van der Waals surface area contributed by atoms with Gasteiger partial charge in [-0.2, -0.15) is 5.26 Å². The van der Waals surface area contributed by atoms with E-state index >= 15 is 0 Å². The zero-order valence-corrected chi connectivity index (χ0v) is 17.5. The van der Waals surface area contributed by atoms with Crippen LogP contribution >= 0.6 is 0 Å². The third-order valence-corrected chi connectivity index (χ3v) is 6.82. The number of benzene rings is 1. The Hall–Kier alpha value is -2.14. The zero-order valence-electron chi connectivity index (χ0n) is 17.5. The fourth-order valence-electron chi connectivity index (χ4n) is 4.97. The van der Waals surface area contributed by atoms with Crippen LogP contribution in [0.3, 0.4) is 0 Å². The number of allylic oxidation sites excluding steroid dienone is 6. The average molecular weight is 392 g/mol. The van der Waals surface area contributed by atoms with Crippen LogP contribution in [-0.2, 0) is 0 Å². The lowest BCUT2D eigenvalue weighted by atomic mass is 9.77. The van der Waals surface area contributed by atoms with Gasteiger partial charge in [0.05, 0.1) is 6.07 Å². The number of hydrogen-bond donors (Lipinski definition) is 0. The second-order valence-corrected chi connectivity index (χ2v) is 8.82. The number of hydrogen-bond acceptors (Lipinski definition) is 1. The molecule has 0 aliphatic heterocycles. The first-order valence-corrected chi connectivity index (χ1v) is 11.4. The second kappa shape index (κ2) is 11.8. The first kappa shape index (κ1) is 21.6. The molecule has 1 nitrogen and oxygen atoms in total. The summed E-state index contributed by atoms with van der Waals surface area (Å²) in [5.41, 5.74) is 1.31. The first-order valence-electron chi connectivity index (χ1n) is 11.4. The van der Waals surface area contributed by atoms with Crippen LogP contribution in [-0.4, -0.2) is 0 Å². The largest absolute Gasteiger partial charge is 0.207 e. The SMILES string of the molecule is N#CC=CC=CCC[C@H]1CC[C@H](/C=C/[C@H]2CC[C@H](c3ccc(F)cc3)CC2)CC1. The van der Waals surface area contributed by atoms with E-state index < -0.39 is 0 Å². The van der Waals surface area contributed by atoms with Crippen molar-refractivity contribution < 1.29 is 4.39 Å². The smallest absolute Gasteiger partial charge is 0.123 e. The Morgan fingerprint density at radius 2 is 1.48 bits per heavy atom. The predicted molar refractivity (Wildman–Crippen MR) is 119 cm³/mol. The van der Waals surface area contributed by atoms with Gasteiger partial charge in [0.2, 0.25) is 0 Å². The van der Waals surface area contributed by atoms with Crippen LogP contribution in [0.4, 0.5) is 4.39 Å². The molecule has 154 valence electrons. The molecule has 0 bridgehead atoms. The molecule has 1 aromatic carbocycles. The van der Waals surface area contributed by atoms with Crippen molar-refractivity contribution in [2.45, 2.75) is 70.1 Å². The van der Waals surface area contributed by atoms with Gasteiger partial charge in [-0.05, 0) is 106 Å². The minimum atomic E-state index is -0.135. The number of rotatable bonds is 7. The maximum atomic E-state index is 13.1. The van der Waals surface area contributed by atoms with Gasteiger partial charge in [-0.25, -0.2) is 4.39 Å². The lowest BCUT2D eigenvalue weighted by molar-refractivity contribution is 0.295. The lowest BCUT2D eigenvalue weighted by Crippen LogP contribution is -2.14. The topological polar surface area (TPSA) is 23.8 Å². The lowest BCUT2D eigenvalue weighted by Gasteiger charge is -2.29. The van der Waals surface area contributed by atoms with E-state index in [9.17, 15) is 4.39 Å². The molecule has 0 unspecified atom stereocenters. The molecule has 3 rings (SSSR count). The summed E-state index contributed by atoms with van der Waals surface area (Å²) in [6.07, 6.45) is 25.3. The van der Waals surface area contributed by atoms with Crippen molar-refractivity contribution in [3.05, 3.63) is 72.1 Å². The molecule has 2 heteroatoms. The van der Waals surface area contributed by atoms with Crippen LogP contribution < -0.4 is 0 Å². The summed E-state index contributed by atoms with van der Waals surface area (Å²) in [5, 5.41) is 8.46. The van der Waals surface area contributed by atoms with Crippen LogP contribution in [0.25, 0.3) is 0 Å². The summed E-state index contributed by atoms with van der Waals surface area (Å²) in [5.74, 6) is 2.85. The van der Waals surface area contributed by atoms with Crippen LogP contribution in [0.1, 0.15) is 75.7 Å². The Labute approximate surface area is 176 Å². The minimum absolute atomic E-state index is 0.135. The van der Waals surface area contributed by atoms with E-state index in [0.717, 1.165) is 24.2 Å². The van der Waals surface area contributed by atoms with E-state index in [-0.39, 0.29) is 5.82 Å². The van der Waals surface area contributed by atoms with Crippen molar-refractivity contribution >= 4 is 0 Å². The molecule has 0 spiro atoms. The molecule has 2 fully saturated rings. The van der Waals surface area contributed by atoms with Crippen molar-refractivity contribution in [2.24, 2.45) is 17.8 Å². The standard InChI is InChI=1S/C27H34FN/c28-27-19-17-26(18-20-27)25-15-13-24(14-16-25)12-11-23-9-7-22(8-10-23)6-4-2-1-3-5-21-29/h1-3,5,11-12,17-20,22-25H,4,6-10,13-16H2/b2-1?,5-3?,12-11+/t22-,23-,24-,25-. The van der Waals surface area contributed by atoms with Crippen LogP contribution in [0.15, 0.2) is 60.7 Å². The van der Waals surface area contributed by atoms with Crippen molar-refractivity contribution in [2.75, 3.05) is 0 Å². The Kier molecular flexibility index (Phi) is 8.75. The van der Waals surface area contributed by atoms with Crippen molar-refractivity contribution in [1.29, 1.82) is 5.26 Å². The quantitative estimate of drug-likeness (QED) is 0.263. The Bertz CT molecular complexity index is 721. The molecule has 2 aliphatic carbocycles. The molecule has 0 amide bonds. The third kappa shape index (κ3) is 7.32. The van der Waals surface area contributed by atoms with Gasteiger partial charge in [0, 0.05) is 6.08 Å². The summed E-state index contributed by atoms with van der Waals surface area (Å²) in [6, 6.07) is 9.13. The van der Waals surface area contributed by atoms with Crippen LogP contribution in [0.2, 0.25) is 0 Å². The molecule has 0 atom stereocenters. The van der Waals surface area contributed by atoms with E-state index in [4.69, 9.17) is 5.26 Å². The second-order valence-electron chi connectivity index (χ2n) is 8.82. The highest BCUT2D eigenvalue weighted by molar-refractivity contribution is 5.21. The molecular weight excluding hydrogens is 357 g/mol. The monoisotopic (exact) mass is 391 g/mol. The van der Waals surface area contributed by atoms with E-state index in [1.807, 2.05) is 30.4 Å². The first-order chi connectivity index (χ1) is 14.2. The highest BCUT2D eigenvalue weighted by Crippen LogP contribution is 2.37. The summed E-state index contributed by atoms with van der Waals surface area (Å²) < 4.78 is 13.1. The van der Waals surface area contributed by atoms with E-state index in [1.54, 1.807) is 12.1 Å². The molecule has 2 aliphatic rings. The van der Waals surface area contributed by atoms with E-state index in [0.29, 0.717) is 5.92 Å². The fourth-order valence-corrected chi connectivity index (χ4v) is 4.97. The van der Waals surface area contributed by atoms with Crippen molar-refractivity contribution in [1.82, 2.24) is 0 Å². The fraction of sp³-hybridized carbons (Fsp3) is 0.519. The van der Waals surface area contributed by atoms with Gasteiger partial charge in [-0.3, -0.25) is 0 Å². The molecule has 0 saturated heterocycles. The van der Waals surface area contributed by atoms with E-state index in [1.165, 1.54) is 69.4 Å². The van der Waals surface area contributed by atoms with Gasteiger partial charge in [0.15, 0.2) is 0 Å². The van der Waals surface area contributed by atoms with E-state index in [2.05, 4.69) is 18.2 Å². The highest BCUT2D eigenvalue weighted by Gasteiger charge is 2.22. The van der Waals surface area contributed by atoms with Crippen molar-refractivity contribution in [3.8, 4) is 6.07 Å². The van der Waals surface area contributed by atoms with Crippen LogP contribution in [0, 0.1) is 34.9 Å². The Morgan fingerprint density at radius 1 is 0.862 bits per heavy atom. The summed E-state index contributed by atoms with van der Waals surface area (Å²) in [7, 11) is 0. The number of nitriles is 1. The number of halogens is 1. The molecule has 0 heterocycles. The highest BCUT2D eigenvalue weighted by atomic mass is 19.1. The number of nitrogens with zero attached hydrogens (tertiary/aromatic N) is 1. The normalized spacial score (nSPS) is 28.3. The summed E-state index contributed by atoms with van der Waals surface area (Å²) in [6.45, 7) is 0. The van der Waals surface area contributed by atoms with Gasteiger partial charge in [-0.1, -0.05) is 42.5 Å². The molecule has 0 aromatic heterocycles. The van der Waals surface area contributed by atoms with Gasteiger partial charge < -0.3 is 0 Å². The van der Waals surface area contributed by atoms with Gasteiger partial charge >= 0.3 is 0 Å². The molecule has 2 saturated carbocycles. The van der Waals surface area contributed by atoms with Gasteiger partial charge in [0.1, 0.15) is 5.82 Å². The molecule has 1 aromatic rings. The minimum Gasteiger partial charge on any atom is -0.207 e. The molecule has 29 heavy (non-hydrogen) atoms. The molecular formula is C27H34FN.